The van der Waals surface area contributed by atoms with Crippen LogP contribution in [0.15, 0.2) is 127 Å². The fourth-order valence-corrected chi connectivity index (χ4v) is 6.52. The number of anilines is 3. The standard InChI is InChI=1S/C36H24N4/c1-4-16-28-22(10-1)25-13-7-19-31(34(25)37-28)40(32-20-8-14-26-23-11-2-5-17-29(23)38-35(26)32)33-21-9-15-27-24-12-3-6-18-30(24)39-36(27)33/h1-21,37-39H. The number of H-pyrrole nitrogens is 3. The number of benzene rings is 6. The smallest absolute Gasteiger partial charge is 0.0709 e. The van der Waals surface area contributed by atoms with Crippen LogP contribution < -0.4 is 4.90 Å². The van der Waals surface area contributed by atoms with Crippen LogP contribution in [0.1, 0.15) is 0 Å². The molecule has 0 atom stereocenters. The van der Waals surface area contributed by atoms with Crippen LogP contribution in [-0.4, -0.2) is 15.0 Å². The Kier molecular flexibility index (Phi) is 4.30. The molecule has 9 aromatic rings. The maximum atomic E-state index is 3.75. The summed E-state index contributed by atoms with van der Waals surface area (Å²) in [6.07, 6.45) is 0. The fourth-order valence-electron chi connectivity index (χ4n) is 6.52. The number of para-hydroxylation sites is 6. The van der Waals surface area contributed by atoms with E-state index >= 15 is 0 Å². The largest absolute Gasteiger partial charge is 0.353 e. The summed E-state index contributed by atoms with van der Waals surface area (Å²) in [6, 6.07) is 45.4. The molecule has 9 rings (SSSR count). The molecule has 40 heavy (non-hydrogen) atoms. The molecular weight excluding hydrogens is 488 g/mol. The van der Waals surface area contributed by atoms with E-state index in [-0.39, 0.29) is 0 Å². The predicted octanol–water partition coefficient (Wildman–Crippen LogP) is 10.1. The van der Waals surface area contributed by atoms with Crippen molar-refractivity contribution in [2.45, 2.75) is 0 Å². The van der Waals surface area contributed by atoms with Gasteiger partial charge in [0.05, 0.1) is 33.6 Å². The first kappa shape index (κ1) is 21.5. The molecule has 0 amide bonds. The molecule has 4 heteroatoms. The minimum atomic E-state index is 1.10. The average Bonchev–Trinajstić information content (AvgIpc) is 3.70. The summed E-state index contributed by atoms with van der Waals surface area (Å²) in [5.41, 5.74) is 10.1. The molecule has 0 fully saturated rings. The predicted molar refractivity (Wildman–Crippen MR) is 169 cm³/mol. The van der Waals surface area contributed by atoms with Gasteiger partial charge in [0.15, 0.2) is 0 Å². The van der Waals surface area contributed by atoms with Crippen molar-refractivity contribution in [3.63, 3.8) is 0 Å². The van der Waals surface area contributed by atoms with Crippen molar-refractivity contribution in [1.82, 2.24) is 15.0 Å². The summed E-state index contributed by atoms with van der Waals surface area (Å²) in [4.78, 5) is 13.7. The number of aromatic nitrogens is 3. The maximum Gasteiger partial charge on any atom is 0.0709 e. The summed E-state index contributed by atoms with van der Waals surface area (Å²) in [5.74, 6) is 0. The van der Waals surface area contributed by atoms with Crippen LogP contribution in [0.25, 0.3) is 65.4 Å². The quantitative estimate of drug-likeness (QED) is 0.217. The van der Waals surface area contributed by atoms with E-state index in [1.54, 1.807) is 0 Å². The van der Waals surface area contributed by atoms with Gasteiger partial charge in [-0.1, -0.05) is 91.0 Å². The van der Waals surface area contributed by atoms with Gasteiger partial charge in [-0.05, 0) is 36.4 Å². The summed E-state index contributed by atoms with van der Waals surface area (Å²) in [5, 5.41) is 7.33. The van der Waals surface area contributed by atoms with Crippen molar-refractivity contribution >= 4 is 82.5 Å². The minimum Gasteiger partial charge on any atom is -0.353 e. The highest BCUT2D eigenvalue weighted by atomic mass is 15.2. The Balaban J connectivity index is 1.43. The highest BCUT2D eigenvalue weighted by molar-refractivity contribution is 6.19. The second-order valence-corrected chi connectivity index (χ2v) is 10.4. The third kappa shape index (κ3) is 2.90. The Bertz CT molecular complexity index is 2130. The van der Waals surface area contributed by atoms with Gasteiger partial charge in [-0.2, -0.15) is 0 Å². The first-order valence-corrected chi connectivity index (χ1v) is 13.6. The van der Waals surface area contributed by atoms with Crippen LogP contribution in [-0.2, 0) is 0 Å². The lowest BCUT2D eigenvalue weighted by molar-refractivity contribution is 1.30. The molecule has 188 valence electrons. The summed E-state index contributed by atoms with van der Waals surface area (Å²) in [7, 11) is 0. The van der Waals surface area contributed by atoms with Crippen LogP contribution in [0.2, 0.25) is 0 Å². The summed E-state index contributed by atoms with van der Waals surface area (Å²) < 4.78 is 0. The van der Waals surface area contributed by atoms with Crippen LogP contribution in [0.4, 0.5) is 17.1 Å². The van der Waals surface area contributed by atoms with Crippen molar-refractivity contribution in [2.24, 2.45) is 0 Å². The molecule has 3 N–H and O–H groups in total. The van der Waals surface area contributed by atoms with E-state index < -0.39 is 0 Å². The van der Waals surface area contributed by atoms with Gasteiger partial charge in [0.1, 0.15) is 0 Å². The van der Waals surface area contributed by atoms with Gasteiger partial charge < -0.3 is 19.9 Å². The first-order valence-electron chi connectivity index (χ1n) is 13.6. The molecular formula is C36H24N4. The van der Waals surface area contributed by atoms with E-state index in [9.17, 15) is 0 Å². The minimum absolute atomic E-state index is 1.10. The number of hydrogen-bond donors (Lipinski definition) is 3. The highest BCUT2D eigenvalue weighted by Gasteiger charge is 2.23. The summed E-state index contributed by atoms with van der Waals surface area (Å²) >= 11 is 0. The SMILES string of the molecule is c1ccc2c(c1)[nH]c1c(N(c3cccc4c3[nH]c3ccccc34)c3cccc4c3[nH]c3ccccc34)cccc12. The van der Waals surface area contributed by atoms with Crippen molar-refractivity contribution in [3.8, 4) is 0 Å². The van der Waals surface area contributed by atoms with Crippen LogP contribution in [0, 0.1) is 0 Å². The zero-order valence-corrected chi connectivity index (χ0v) is 21.6. The zero-order valence-electron chi connectivity index (χ0n) is 21.6. The van der Waals surface area contributed by atoms with Gasteiger partial charge in [0.2, 0.25) is 0 Å². The van der Waals surface area contributed by atoms with E-state index in [2.05, 4.69) is 147 Å². The molecule has 0 aliphatic rings. The third-order valence-electron chi connectivity index (χ3n) is 8.28. The first-order chi connectivity index (χ1) is 19.8. The van der Waals surface area contributed by atoms with E-state index in [1.807, 2.05) is 0 Å². The van der Waals surface area contributed by atoms with Gasteiger partial charge >= 0.3 is 0 Å². The number of fused-ring (bicyclic) bond motifs is 9. The molecule has 0 saturated heterocycles. The van der Waals surface area contributed by atoms with Gasteiger partial charge in [-0.15, -0.1) is 0 Å². The second-order valence-electron chi connectivity index (χ2n) is 10.4. The molecule has 0 aliphatic heterocycles. The molecule has 0 radical (unpaired) electrons. The second kappa shape index (κ2) is 8.01. The molecule has 0 bridgehead atoms. The van der Waals surface area contributed by atoms with Crippen molar-refractivity contribution in [3.05, 3.63) is 127 Å². The number of aromatic amines is 3. The lowest BCUT2D eigenvalue weighted by Gasteiger charge is -2.27. The van der Waals surface area contributed by atoms with Gasteiger partial charge in [-0.3, -0.25) is 0 Å². The van der Waals surface area contributed by atoms with Crippen molar-refractivity contribution < 1.29 is 0 Å². The van der Waals surface area contributed by atoms with E-state index in [0.29, 0.717) is 0 Å². The number of nitrogens with one attached hydrogen (secondary N) is 3. The average molecular weight is 513 g/mol. The maximum absolute atomic E-state index is 3.75. The van der Waals surface area contributed by atoms with Crippen LogP contribution in [0.5, 0.6) is 0 Å². The Labute approximate surface area is 229 Å². The van der Waals surface area contributed by atoms with Crippen molar-refractivity contribution in [2.75, 3.05) is 4.90 Å². The summed E-state index contributed by atoms with van der Waals surface area (Å²) in [6.45, 7) is 0. The lowest BCUT2D eigenvalue weighted by atomic mass is 10.1. The van der Waals surface area contributed by atoms with Gasteiger partial charge in [0.25, 0.3) is 0 Å². The van der Waals surface area contributed by atoms with Crippen LogP contribution >= 0.6 is 0 Å². The fraction of sp³-hybridized carbons (Fsp3) is 0. The molecule has 3 aromatic heterocycles. The van der Waals surface area contributed by atoms with Crippen LogP contribution in [0.3, 0.4) is 0 Å². The lowest BCUT2D eigenvalue weighted by Crippen LogP contribution is -2.11. The Morgan fingerprint density at radius 1 is 0.300 bits per heavy atom. The van der Waals surface area contributed by atoms with E-state index in [1.165, 1.54) is 32.3 Å². The number of hydrogen-bond acceptors (Lipinski definition) is 1. The molecule has 0 unspecified atom stereocenters. The molecule has 0 saturated carbocycles. The Morgan fingerprint density at radius 3 is 0.950 bits per heavy atom. The highest BCUT2D eigenvalue weighted by Crippen LogP contribution is 2.46. The molecule has 0 aliphatic carbocycles. The molecule has 4 nitrogen and oxygen atoms in total. The molecule has 0 spiro atoms. The normalized spacial score (nSPS) is 12.0. The number of nitrogens with zero attached hydrogens (tertiary/aromatic N) is 1. The number of rotatable bonds is 3. The molecule has 3 heterocycles. The monoisotopic (exact) mass is 512 g/mol. The Morgan fingerprint density at radius 2 is 0.600 bits per heavy atom. The topological polar surface area (TPSA) is 50.6 Å². The molecule has 6 aromatic carbocycles. The van der Waals surface area contributed by atoms with Gasteiger partial charge in [0, 0.05) is 48.9 Å². The van der Waals surface area contributed by atoms with E-state index in [4.69, 9.17) is 0 Å². The van der Waals surface area contributed by atoms with E-state index in [0.717, 1.165) is 50.2 Å². The van der Waals surface area contributed by atoms with Crippen molar-refractivity contribution in [1.29, 1.82) is 0 Å². The van der Waals surface area contributed by atoms with Gasteiger partial charge in [-0.25, -0.2) is 0 Å². The Hall–Kier alpha value is -5.48. The zero-order chi connectivity index (χ0) is 26.2. The third-order valence-corrected chi connectivity index (χ3v) is 8.28.